The van der Waals surface area contributed by atoms with Crippen LogP contribution >= 0.6 is 0 Å². The van der Waals surface area contributed by atoms with Crippen LogP contribution in [0.2, 0.25) is 0 Å². The molecule has 0 aromatic heterocycles. The first-order chi connectivity index (χ1) is 7.63. The fourth-order valence-corrected chi connectivity index (χ4v) is 2.41. The first-order valence-corrected chi connectivity index (χ1v) is 6.57. The van der Waals surface area contributed by atoms with E-state index in [-0.39, 0.29) is 12.1 Å². The van der Waals surface area contributed by atoms with Crippen molar-refractivity contribution < 1.29 is 9.53 Å². The third kappa shape index (κ3) is 4.52. The summed E-state index contributed by atoms with van der Waals surface area (Å²) in [5.74, 6) is -0.0811. The second kappa shape index (κ2) is 6.89. The Morgan fingerprint density at radius 2 is 1.94 bits per heavy atom. The van der Waals surface area contributed by atoms with E-state index in [0.717, 1.165) is 6.54 Å². The van der Waals surface area contributed by atoms with Crippen LogP contribution in [0.1, 0.15) is 52.9 Å². The van der Waals surface area contributed by atoms with Crippen molar-refractivity contribution in [2.75, 3.05) is 13.1 Å². The van der Waals surface area contributed by atoms with Crippen molar-refractivity contribution in [3.05, 3.63) is 0 Å². The Morgan fingerprint density at radius 3 is 2.44 bits per heavy atom. The Kier molecular flexibility index (Phi) is 5.81. The standard InChI is InChI=1S/C13H25NO2/c1-4-14(10-13(15)16-11(2)3)12-8-6-5-7-9-12/h11-12H,4-10H2,1-3H3. The molecule has 0 heterocycles. The number of ether oxygens (including phenoxy) is 1. The van der Waals surface area contributed by atoms with Gasteiger partial charge in [0.05, 0.1) is 12.6 Å². The third-order valence-corrected chi connectivity index (χ3v) is 3.20. The Labute approximate surface area is 99.1 Å². The fourth-order valence-electron chi connectivity index (χ4n) is 2.41. The van der Waals surface area contributed by atoms with Crippen LogP contribution in [0.25, 0.3) is 0 Å². The van der Waals surface area contributed by atoms with E-state index in [1.54, 1.807) is 0 Å². The van der Waals surface area contributed by atoms with Crippen LogP contribution in [0.15, 0.2) is 0 Å². The van der Waals surface area contributed by atoms with Crippen LogP contribution in [-0.2, 0) is 9.53 Å². The lowest BCUT2D eigenvalue weighted by molar-refractivity contribution is -0.149. The quantitative estimate of drug-likeness (QED) is 0.676. The van der Waals surface area contributed by atoms with E-state index in [9.17, 15) is 4.79 Å². The molecule has 0 saturated heterocycles. The van der Waals surface area contributed by atoms with E-state index in [1.807, 2.05) is 13.8 Å². The van der Waals surface area contributed by atoms with Crippen LogP contribution in [-0.4, -0.2) is 36.1 Å². The molecular formula is C13H25NO2. The van der Waals surface area contributed by atoms with Crippen molar-refractivity contribution in [3.8, 4) is 0 Å². The van der Waals surface area contributed by atoms with Gasteiger partial charge in [-0.3, -0.25) is 9.69 Å². The monoisotopic (exact) mass is 227 g/mol. The molecule has 0 spiro atoms. The number of carbonyl (C=O) groups excluding carboxylic acids is 1. The first-order valence-electron chi connectivity index (χ1n) is 6.57. The van der Waals surface area contributed by atoms with E-state index < -0.39 is 0 Å². The molecular weight excluding hydrogens is 202 g/mol. The molecule has 0 aromatic rings. The topological polar surface area (TPSA) is 29.5 Å². The lowest BCUT2D eigenvalue weighted by atomic mass is 9.94. The Bertz CT molecular complexity index is 210. The maximum atomic E-state index is 11.6. The summed E-state index contributed by atoms with van der Waals surface area (Å²) < 4.78 is 5.19. The molecule has 0 amide bonds. The molecule has 0 unspecified atom stereocenters. The van der Waals surface area contributed by atoms with E-state index in [0.29, 0.717) is 12.6 Å². The zero-order valence-electron chi connectivity index (χ0n) is 10.9. The summed E-state index contributed by atoms with van der Waals surface area (Å²) in [4.78, 5) is 13.9. The van der Waals surface area contributed by atoms with Crippen LogP contribution < -0.4 is 0 Å². The molecule has 0 radical (unpaired) electrons. The molecule has 1 saturated carbocycles. The normalized spacial score (nSPS) is 18.1. The van der Waals surface area contributed by atoms with Gasteiger partial charge < -0.3 is 4.74 Å². The van der Waals surface area contributed by atoms with Gasteiger partial charge in [-0.05, 0) is 33.2 Å². The van der Waals surface area contributed by atoms with Gasteiger partial charge in [-0.1, -0.05) is 26.2 Å². The number of hydrogen-bond donors (Lipinski definition) is 0. The number of esters is 1. The maximum Gasteiger partial charge on any atom is 0.320 e. The fraction of sp³-hybridized carbons (Fsp3) is 0.923. The molecule has 1 rings (SSSR count). The van der Waals surface area contributed by atoms with Gasteiger partial charge in [0.1, 0.15) is 0 Å². The molecule has 3 nitrogen and oxygen atoms in total. The van der Waals surface area contributed by atoms with Crippen molar-refractivity contribution >= 4 is 5.97 Å². The second-order valence-corrected chi connectivity index (χ2v) is 4.89. The Hall–Kier alpha value is -0.570. The van der Waals surface area contributed by atoms with Gasteiger partial charge in [-0.25, -0.2) is 0 Å². The molecule has 0 bridgehead atoms. The van der Waals surface area contributed by atoms with Gasteiger partial charge in [0.2, 0.25) is 0 Å². The minimum atomic E-state index is -0.0811. The Morgan fingerprint density at radius 1 is 1.31 bits per heavy atom. The number of likely N-dealkylation sites (N-methyl/N-ethyl adjacent to an activating group) is 1. The smallest absolute Gasteiger partial charge is 0.320 e. The molecule has 1 aliphatic carbocycles. The van der Waals surface area contributed by atoms with Crippen molar-refractivity contribution in [1.82, 2.24) is 4.90 Å². The van der Waals surface area contributed by atoms with Crippen molar-refractivity contribution in [2.24, 2.45) is 0 Å². The van der Waals surface area contributed by atoms with Gasteiger partial charge in [0.25, 0.3) is 0 Å². The molecule has 0 aliphatic heterocycles. The average Bonchev–Trinajstić information content (AvgIpc) is 2.26. The molecule has 0 N–H and O–H groups in total. The number of carbonyl (C=O) groups is 1. The molecule has 0 aromatic carbocycles. The van der Waals surface area contributed by atoms with Gasteiger partial charge in [-0.15, -0.1) is 0 Å². The largest absolute Gasteiger partial charge is 0.462 e. The predicted octanol–water partition coefficient (Wildman–Crippen LogP) is 2.59. The lowest BCUT2D eigenvalue weighted by Crippen LogP contribution is -2.41. The summed E-state index contributed by atoms with van der Waals surface area (Å²) in [5, 5.41) is 0. The van der Waals surface area contributed by atoms with E-state index in [2.05, 4.69) is 11.8 Å². The average molecular weight is 227 g/mol. The molecule has 1 fully saturated rings. The van der Waals surface area contributed by atoms with Crippen LogP contribution in [0.4, 0.5) is 0 Å². The van der Waals surface area contributed by atoms with Crippen molar-refractivity contribution in [1.29, 1.82) is 0 Å². The van der Waals surface area contributed by atoms with Crippen molar-refractivity contribution in [2.45, 2.75) is 65.0 Å². The van der Waals surface area contributed by atoms with Gasteiger partial charge in [0.15, 0.2) is 0 Å². The van der Waals surface area contributed by atoms with E-state index in [1.165, 1.54) is 32.1 Å². The summed E-state index contributed by atoms with van der Waals surface area (Å²) in [6, 6.07) is 0.596. The first kappa shape index (κ1) is 13.5. The highest BCUT2D eigenvalue weighted by atomic mass is 16.5. The SMILES string of the molecule is CCN(CC(=O)OC(C)C)C1CCCCC1. The number of hydrogen-bond acceptors (Lipinski definition) is 3. The minimum Gasteiger partial charge on any atom is -0.462 e. The molecule has 3 heteroatoms. The summed E-state index contributed by atoms with van der Waals surface area (Å²) in [7, 11) is 0. The van der Waals surface area contributed by atoms with Crippen LogP contribution in [0.3, 0.4) is 0 Å². The molecule has 16 heavy (non-hydrogen) atoms. The number of rotatable bonds is 5. The number of nitrogens with zero attached hydrogens (tertiary/aromatic N) is 1. The van der Waals surface area contributed by atoms with Crippen LogP contribution in [0, 0.1) is 0 Å². The summed E-state index contributed by atoms with van der Waals surface area (Å²) in [5.41, 5.74) is 0. The van der Waals surface area contributed by atoms with Gasteiger partial charge >= 0.3 is 5.97 Å². The minimum absolute atomic E-state index is 0.00226. The van der Waals surface area contributed by atoms with E-state index in [4.69, 9.17) is 4.74 Å². The molecule has 1 aliphatic rings. The van der Waals surface area contributed by atoms with Gasteiger partial charge in [-0.2, -0.15) is 0 Å². The van der Waals surface area contributed by atoms with Crippen molar-refractivity contribution in [3.63, 3.8) is 0 Å². The molecule has 94 valence electrons. The predicted molar refractivity (Wildman–Crippen MR) is 65.3 cm³/mol. The second-order valence-electron chi connectivity index (χ2n) is 4.89. The van der Waals surface area contributed by atoms with E-state index >= 15 is 0 Å². The maximum absolute atomic E-state index is 11.6. The highest BCUT2D eigenvalue weighted by molar-refractivity contribution is 5.71. The zero-order valence-corrected chi connectivity index (χ0v) is 10.9. The van der Waals surface area contributed by atoms with Crippen LogP contribution in [0.5, 0.6) is 0 Å². The zero-order chi connectivity index (χ0) is 12.0. The van der Waals surface area contributed by atoms with Gasteiger partial charge in [0, 0.05) is 6.04 Å². The third-order valence-electron chi connectivity index (χ3n) is 3.20. The summed E-state index contributed by atoms with van der Waals surface area (Å²) >= 11 is 0. The molecule has 0 atom stereocenters. The summed E-state index contributed by atoms with van der Waals surface area (Å²) in [6.45, 7) is 7.32. The highest BCUT2D eigenvalue weighted by Gasteiger charge is 2.22. The summed E-state index contributed by atoms with van der Waals surface area (Å²) in [6.07, 6.45) is 6.44. The lowest BCUT2D eigenvalue weighted by Gasteiger charge is -2.32. The highest BCUT2D eigenvalue weighted by Crippen LogP contribution is 2.22. The Balaban J connectivity index is 2.37.